The van der Waals surface area contributed by atoms with E-state index < -0.39 is 0 Å². The number of ketones is 1. The number of aliphatic imine (C=N–C) groups is 1. The van der Waals surface area contributed by atoms with Crippen molar-refractivity contribution < 1.29 is 4.79 Å². The summed E-state index contributed by atoms with van der Waals surface area (Å²) in [6.07, 6.45) is 5.86. The maximum atomic E-state index is 13.7. The van der Waals surface area contributed by atoms with Crippen LogP contribution < -0.4 is 5.56 Å². The fourth-order valence-corrected chi connectivity index (χ4v) is 7.64. The molecule has 4 aliphatic rings. The van der Waals surface area contributed by atoms with E-state index in [2.05, 4.69) is 34.6 Å². The Morgan fingerprint density at radius 3 is 2.73 bits per heavy atom. The second-order valence-corrected chi connectivity index (χ2v) is 12.6. The smallest absolute Gasteiger partial charge is 0.251 e. The van der Waals surface area contributed by atoms with Crippen LogP contribution in [0, 0.1) is 5.92 Å². The average molecular weight is 587 g/mol. The van der Waals surface area contributed by atoms with Crippen LogP contribution in [0.5, 0.6) is 0 Å². The van der Waals surface area contributed by atoms with Gasteiger partial charge in [-0.1, -0.05) is 40.5 Å². The van der Waals surface area contributed by atoms with Crippen molar-refractivity contribution in [3.05, 3.63) is 98.3 Å². The molecule has 1 fully saturated rings. The minimum Gasteiger partial charge on any atom is -0.303 e. The molecule has 3 aliphatic heterocycles. The molecular weight excluding hydrogens is 565 g/mol. The quantitative estimate of drug-likeness (QED) is 0.286. The summed E-state index contributed by atoms with van der Waals surface area (Å²) in [5.41, 5.74) is 7.77. The summed E-state index contributed by atoms with van der Waals surface area (Å²) in [6.45, 7) is 0. The van der Waals surface area contributed by atoms with Crippen LogP contribution in [0.2, 0.25) is 10.2 Å². The number of benzene rings is 2. The fourth-order valence-electron chi connectivity index (χ4n) is 6.39. The molecule has 0 amide bonds. The molecule has 0 N–H and O–H groups in total. The fraction of sp³-hybridized carbons (Fsp3) is 0.233. The number of nitrogens with zero attached hydrogens (tertiary/aromatic N) is 5. The lowest BCUT2D eigenvalue weighted by atomic mass is 9.96. The monoisotopic (exact) mass is 585 g/mol. The van der Waals surface area contributed by atoms with Gasteiger partial charge in [0.15, 0.2) is 5.15 Å². The number of rotatable bonds is 4. The van der Waals surface area contributed by atoms with Crippen molar-refractivity contribution in [1.82, 2.24) is 19.6 Å². The van der Waals surface area contributed by atoms with E-state index in [1.165, 1.54) is 4.90 Å². The zero-order valence-electron chi connectivity index (χ0n) is 21.1. The molecule has 7 nitrogen and oxygen atoms in total. The summed E-state index contributed by atoms with van der Waals surface area (Å²) in [5.74, 6) is 1.53. The van der Waals surface area contributed by atoms with Gasteiger partial charge in [0.2, 0.25) is 0 Å². The predicted octanol–water partition coefficient (Wildman–Crippen LogP) is 6.16. The van der Waals surface area contributed by atoms with Crippen LogP contribution >= 0.6 is 35.0 Å². The molecule has 5 heterocycles. The van der Waals surface area contributed by atoms with Crippen molar-refractivity contribution in [2.24, 2.45) is 10.9 Å². The van der Waals surface area contributed by atoms with Gasteiger partial charge in [-0.3, -0.25) is 14.6 Å². The summed E-state index contributed by atoms with van der Waals surface area (Å²) in [6, 6.07) is 15.6. The van der Waals surface area contributed by atoms with Crippen LogP contribution in [-0.4, -0.2) is 36.8 Å². The van der Waals surface area contributed by atoms with E-state index in [0.717, 1.165) is 57.8 Å². The zero-order chi connectivity index (χ0) is 27.1. The minimum atomic E-state index is -0.0433. The normalized spacial score (nSPS) is 22.4. The van der Waals surface area contributed by atoms with E-state index >= 15 is 0 Å². The number of Topliss-reactive ketones (excluding diaryl/α,β-unsaturated/α-hetero) is 1. The van der Waals surface area contributed by atoms with Crippen LogP contribution in [0.25, 0.3) is 22.4 Å². The molecule has 0 bridgehead atoms. The van der Waals surface area contributed by atoms with Crippen LogP contribution in [-0.2, 0) is 11.2 Å². The molecule has 1 aliphatic carbocycles. The number of hydrogen-bond donors (Lipinski definition) is 0. The summed E-state index contributed by atoms with van der Waals surface area (Å²) in [5, 5.41) is 8.86. The molecular formula is C30H21Cl2N5O2S. The summed E-state index contributed by atoms with van der Waals surface area (Å²) in [7, 11) is 0. The van der Waals surface area contributed by atoms with E-state index in [9.17, 15) is 9.59 Å². The molecule has 10 heteroatoms. The first-order valence-corrected chi connectivity index (χ1v) is 14.8. The number of halogens is 2. The van der Waals surface area contributed by atoms with Crippen LogP contribution in [0.15, 0.2) is 75.6 Å². The first kappa shape index (κ1) is 24.3. The maximum Gasteiger partial charge on any atom is 0.251 e. The Hall–Kier alpha value is -3.46. The van der Waals surface area contributed by atoms with E-state index in [0.29, 0.717) is 29.0 Å². The topological polar surface area (TPSA) is 82.1 Å². The number of carbonyl (C=O) groups is 1. The van der Waals surface area contributed by atoms with Crippen LogP contribution in [0.4, 0.5) is 0 Å². The highest BCUT2D eigenvalue weighted by Gasteiger charge is 2.54. The van der Waals surface area contributed by atoms with Crippen molar-refractivity contribution in [1.29, 1.82) is 0 Å². The SMILES string of the molecule is O=C1CSc2cc(C3=CN=C([C@@H]4[C@H]5C[C@H]5c5cc(-c6cc(Cl)ccc6-n6cc(Cl)nn6)cc(=O)n54)C3)ccc2C1. The summed E-state index contributed by atoms with van der Waals surface area (Å²) < 4.78 is 3.54. The third kappa shape index (κ3) is 3.92. The van der Waals surface area contributed by atoms with Gasteiger partial charge in [-0.25, -0.2) is 4.68 Å². The summed E-state index contributed by atoms with van der Waals surface area (Å²) in [4.78, 5) is 31.5. The standard InChI is InChI=1S/C30H21Cl2N5O2S/c31-19-3-4-25(36-13-28(32)34-35-36)21(10-19)17-7-26-22-11-23(22)30(37(26)29(39)9-17)24-6-18(12-33-24)15-1-2-16-5-20(38)14-40-27(16)8-15/h1-4,7-10,12-13,22-23,30H,5-6,11,14H2/t22-,23+,30+/m1/s1. The highest BCUT2D eigenvalue weighted by atomic mass is 35.5. The van der Waals surface area contributed by atoms with Gasteiger partial charge in [-0.05, 0) is 64.9 Å². The first-order chi connectivity index (χ1) is 19.4. The molecule has 0 unspecified atom stereocenters. The van der Waals surface area contributed by atoms with Gasteiger partial charge in [0.1, 0.15) is 5.78 Å². The third-order valence-electron chi connectivity index (χ3n) is 8.30. The molecule has 8 rings (SSSR count). The minimum absolute atomic E-state index is 0.0344. The molecule has 4 aromatic rings. The van der Waals surface area contributed by atoms with Gasteiger partial charge in [0.05, 0.1) is 23.7 Å². The van der Waals surface area contributed by atoms with Gasteiger partial charge >= 0.3 is 0 Å². The Bertz CT molecular complexity index is 1890. The molecule has 2 aromatic carbocycles. The Morgan fingerprint density at radius 2 is 1.88 bits per heavy atom. The second-order valence-electron chi connectivity index (χ2n) is 10.8. The van der Waals surface area contributed by atoms with Crippen LogP contribution in [0.3, 0.4) is 0 Å². The lowest BCUT2D eigenvalue weighted by molar-refractivity contribution is -0.116. The van der Waals surface area contributed by atoms with Crippen molar-refractivity contribution >= 4 is 52.0 Å². The second kappa shape index (κ2) is 9.03. The maximum absolute atomic E-state index is 13.7. The van der Waals surface area contributed by atoms with Crippen molar-refractivity contribution in [3.8, 4) is 16.8 Å². The first-order valence-electron chi connectivity index (χ1n) is 13.1. The van der Waals surface area contributed by atoms with Gasteiger partial charge in [0, 0.05) is 57.9 Å². The van der Waals surface area contributed by atoms with E-state index in [-0.39, 0.29) is 22.5 Å². The van der Waals surface area contributed by atoms with Gasteiger partial charge < -0.3 is 4.57 Å². The lowest BCUT2D eigenvalue weighted by Gasteiger charge is -2.20. The zero-order valence-corrected chi connectivity index (χ0v) is 23.4. The number of allylic oxidation sites excluding steroid dienone is 1. The Balaban J connectivity index is 1.11. The highest BCUT2D eigenvalue weighted by molar-refractivity contribution is 8.00. The Labute approximate surface area is 243 Å². The van der Waals surface area contributed by atoms with Gasteiger partial charge in [0.25, 0.3) is 5.56 Å². The Morgan fingerprint density at radius 1 is 0.975 bits per heavy atom. The molecule has 0 saturated heterocycles. The van der Waals surface area contributed by atoms with E-state index in [4.69, 9.17) is 28.2 Å². The van der Waals surface area contributed by atoms with E-state index in [1.54, 1.807) is 34.8 Å². The van der Waals surface area contributed by atoms with Crippen LogP contribution in [0.1, 0.15) is 41.6 Å². The van der Waals surface area contributed by atoms with Gasteiger partial charge in [-0.15, -0.1) is 16.9 Å². The highest BCUT2D eigenvalue weighted by Crippen LogP contribution is 2.60. The number of carbonyl (C=O) groups excluding carboxylic acids is 1. The van der Waals surface area contributed by atoms with Crippen molar-refractivity contribution in [2.75, 3.05) is 5.75 Å². The Kier molecular flexibility index (Phi) is 5.49. The number of hydrogen-bond acceptors (Lipinski definition) is 6. The van der Waals surface area contributed by atoms with E-state index in [1.807, 2.05) is 22.9 Å². The number of fused-ring (bicyclic) bond motifs is 4. The summed E-state index contributed by atoms with van der Waals surface area (Å²) >= 11 is 14.0. The molecule has 0 spiro atoms. The lowest BCUT2D eigenvalue weighted by Crippen LogP contribution is -2.29. The molecule has 198 valence electrons. The predicted molar refractivity (Wildman–Crippen MR) is 157 cm³/mol. The van der Waals surface area contributed by atoms with Gasteiger partial charge in [-0.2, -0.15) is 0 Å². The number of aromatic nitrogens is 4. The molecule has 0 radical (unpaired) electrons. The third-order valence-corrected chi connectivity index (χ3v) is 9.86. The van der Waals surface area contributed by atoms with Crippen molar-refractivity contribution in [2.45, 2.75) is 36.1 Å². The largest absolute Gasteiger partial charge is 0.303 e. The molecule has 3 atom stereocenters. The molecule has 40 heavy (non-hydrogen) atoms. The molecule has 2 aromatic heterocycles. The number of thioether (sulfide) groups is 1. The number of pyridine rings is 1. The van der Waals surface area contributed by atoms with Crippen molar-refractivity contribution in [3.63, 3.8) is 0 Å². The average Bonchev–Trinajstić information content (AvgIpc) is 3.23. The molecule has 1 saturated carbocycles.